The summed E-state index contributed by atoms with van der Waals surface area (Å²) in [7, 11) is 0. The van der Waals surface area contributed by atoms with E-state index in [2.05, 4.69) is 4.90 Å². The van der Waals surface area contributed by atoms with E-state index in [0.29, 0.717) is 25.7 Å². The van der Waals surface area contributed by atoms with E-state index in [9.17, 15) is 4.79 Å². The van der Waals surface area contributed by atoms with E-state index in [1.807, 2.05) is 37.3 Å². The van der Waals surface area contributed by atoms with E-state index < -0.39 is 0 Å². The highest BCUT2D eigenvalue weighted by atomic mass is 16.3. The molecule has 1 aliphatic carbocycles. The fraction of sp³-hybridized carbons (Fsp3) is 0.533. The SMILES string of the molecule is CCN(C(=O)CN(CCO)C1CC1)c1ccccc1. The highest BCUT2D eigenvalue weighted by Gasteiger charge is 2.30. The lowest BCUT2D eigenvalue weighted by atomic mass is 10.2. The first-order chi connectivity index (χ1) is 9.26. The minimum absolute atomic E-state index is 0.106. The van der Waals surface area contributed by atoms with Crippen LogP contribution in [0.4, 0.5) is 5.69 Å². The number of carbonyl (C=O) groups excluding carboxylic acids is 1. The molecule has 2 rings (SSSR count). The number of amides is 1. The summed E-state index contributed by atoms with van der Waals surface area (Å²) < 4.78 is 0. The number of rotatable bonds is 7. The second-order valence-electron chi connectivity index (χ2n) is 4.90. The van der Waals surface area contributed by atoms with Crippen LogP contribution in [0.5, 0.6) is 0 Å². The Labute approximate surface area is 114 Å². The molecule has 1 aromatic carbocycles. The summed E-state index contributed by atoms with van der Waals surface area (Å²) in [6.45, 7) is 3.75. The number of para-hydroxylation sites is 1. The number of likely N-dealkylation sites (N-methyl/N-ethyl adjacent to an activating group) is 1. The Hall–Kier alpha value is -1.39. The molecule has 1 amide bonds. The monoisotopic (exact) mass is 262 g/mol. The lowest BCUT2D eigenvalue weighted by Crippen LogP contribution is -2.42. The van der Waals surface area contributed by atoms with Gasteiger partial charge >= 0.3 is 0 Å². The van der Waals surface area contributed by atoms with Crippen LogP contribution < -0.4 is 4.90 Å². The van der Waals surface area contributed by atoms with Gasteiger partial charge in [-0.1, -0.05) is 18.2 Å². The summed E-state index contributed by atoms with van der Waals surface area (Å²) in [6.07, 6.45) is 2.29. The third-order valence-electron chi connectivity index (χ3n) is 3.47. The van der Waals surface area contributed by atoms with E-state index in [0.717, 1.165) is 18.5 Å². The number of anilines is 1. The zero-order valence-corrected chi connectivity index (χ0v) is 11.5. The first-order valence-corrected chi connectivity index (χ1v) is 6.96. The predicted octanol–water partition coefficient (Wildman–Crippen LogP) is 1.50. The fourth-order valence-corrected chi connectivity index (χ4v) is 2.33. The van der Waals surface area contributed by atoms with Crippen LogP contribution in [-0.4, -0.2) is 48.2 Å². The molecule has 1 N–H and O–H groups in total. The molecule has 19 heavy (non-hydrogen) atoms. The van der Waals surface area contributed by atoms with Crippen LogP contribution >= 0.6 is 0 Å². The maximum atomic E-state index is 12.4. The van der Waals surface area contributed by atoms with Gasteiger partial charge in [0.1, 0.15) is 0 Å². The van der Waals surface area contributed by atoms with Crippen molar-refractivity contribution in [1.29, 1.82) is 0 Å². The van der Waals surface area contributed by atoms with Gasteiger partial charge in [-0.05, 0) is 31.9 Å². The Morgan fingerprint density at radius 3 is 2.53 bits per heavy atom. The molecule has 0 bridgehead atoms. The Morgan fingerprint density at radius 1 is 1.32 bits per heavy atom. The Morgan fingerprint density at radius 2 is 2.00 bits per heavy atom. The molecule has 0 aliphatic heterocycles. The van der Waals surface area contributed by atoms with E-state index >= 15 is 0 Å². The van der Waals surface area contributed by atoms with Gasteiger partial charge in [-0.25, -0.2) is 0 Å². The zero-order valence-electron chi connectivity index (χ0n) is 11.5. The van der Waals surface area contributed by atoms with Crippen molar-refractivity contribution in [3.8, 4) is 0 Å². The number of hydrogen-bond acceptors (Lipinski definition) is 3. The number of benzene rings is 1. The van der Waals surface area contributed by atoms with Gasteiger partial charge in [0, 0.05) is 24.8 Å². The van der Waals surface area contributed by atoms with Crippen molar-refractivity contribution in [2.75, 3.05) is 31.1 Å². The third-order valence-corrected chi connectivity index (χ3v) is 3.47. The molecule has 0 radical (unpaired) electrons. The van der Waals surface area contributed by atoms with Crippen molar-refractivity contribution >= 4 is 11.6 Å². The van der Waals surface area contributed by atoms with Gasteiger partial charge in [-0.15, -0.1) is 0 Å². The first-order valence-electron chi connectivity index (χ1n) is 6.96. The van der Waals surface area contributed by atoms with Crippen LogP contribution in [-0.2, 0) is 4.79 Å². The van der Waals surface area contributed by atoms with Crippen LogP contribution in [0.15, 0.2) is 30.3 Å². The molecule has 4 nitrogen and oxygen atoms in total. The van der Waals surface area contributed by atoms with Gasteiger partial charge in [0.15, 0.2) is 0 Å². The Kier molecular flexibility index (Phi) is 4.93. The summed E-state index contributed by atoms with van der Waals surface area (Å²) in [6, 6.07) is 10.2. The second kappa shape index (κ2) is 6.68. The minimum atomic E-state index is 0.106. The van der Waals surface area contributed by atoms with Gasteiger partial charge < -0.3 is 10.0 Å². The van der Waals surface area contributed by atoms with Crippen LogP contribution in [0.1, 0.15) is 19.8 Å². The van der Waals surface area contributed by atoms with Crippen LogP contribution in [0.25, 0.3) is 0 Å². The Balaban J connectivity index is 2.00. The standard InChI is InChI=1S/C15H22N2O2/c1-2-17(14-6-4-3-5-7-14)15(19)12-16(10-11-18)13-8-9-13/h3-7,13,18H,2,8-12H2,1H3. The third kappa shape index (κ3) is 3.78. The van der Waals surface area contributed by atoms with Crippen LogP contribution in [0, 0.1) is 0 Å². The number of carbonyl (C=O) groups is 1. The lowest BCUT2D eigenvalue weighted by molar-refractivity contribution is -0.120. The summed E-state index contributed by atoms with van der Waals surface area (Å²) >= 11 is 0. The molecular weight excluding hydrogens is 240 g/mol. The maximum Gasteiger partial charge on any atom is 0.241 e. The average molecular weight is 262 g/mol. The van der Waals surface area contributed by atoms with Gasteiger partial charge in [0.05, 0.1) is 13.2 Å². The predicted molar refractivity (Wildman–Crippen MR) is 76.1 cm³/mol. The van der Waals surface area contributed by atoms with E-state index in [4.69, 9.17) is 5.11 Å². The maximum absolute atomic E-state index is 12.4. The molecule has 0 unspecified atom stereocenters. The lowest BCUT2D eigenvalue weighted by Gasteiger charge is -2.26. The molecule has 0 spiro atoms. The number of aliphatic hydroxyl groups excluding tert-OH is 1. The Bertz CT molecular complexity index is 404. The number of nitrogens with zero attached hydrogens (tertiary/aromatic N) is 2. The fourth-order valence-electron chi connectivity index (χ4n) is 2.33. The van der Waals surface area contributed by atoms with Gasteiger partial charge in [-0.2, -0.15) is 0 Å². The van der Waals surface area contributed by atoms with Gasteiger partial charge in [-0.3, -0.25) is 9.69 Å². The highest BCUT2D eigenvalue weighted by molar-refractivity contribution is 5.94. The van der Waals surface area contributed by atoms with Crippen molar-refractivity contribution in [2.24, 2.45) is 0 Å². The molecule has 0 atom stereocenters. The molecule has 1 aromatic rings. The van der Waals surface area contributed by atoms with Crippen molar-refractivity contribution in [3.63, 3.8) is 0 Å². The molecule has 104 valence electrons. The molecule has 1 fully saturated rings. The van der Waals surface area contributed by atoms with Gasteiger partial charge in [0.2, 0.25) is 5.91 Å². The molecule has 0 heterocycles. The summed E-state index contributed by atoms with van der Waals surface area (Å²) in [5.74, 6) is 0.106. The smallest absolute Gasteiger partial charge is 0.241 e. The van der Waals surface area contributed by atoms with E-state index in [1.54, 1.807) is 4.90 Å². The molecule has 1 saturated carbocycles. The summed E-state index contributed by atoms with van der Waals surface area (Å²) in [5, 5.41) is 9.07. The topological polar surface area (TPSA) is 43.8 Å². The molecule has 1 aliphatic rings. The minimum Gasteiger partial charge on any atom is -0.395 e. The number of aliphatic hydroxyl groups is 1. The molecule has 4 heteroatoms. The second-order valence-corrected chi connectivity index (χ2v) is 4.90. The quantitative estimate of drug-likeness (QED) is 0.810. The van der Waals surface area contributed by atoms with Gasteiger partial charge in [0.25, 0.3) is 0 Å². The largest absolute Gasteiger partial charge is 0.395 e. The summed E-state index contributed by atoms with van der Waals surface area (Å²) in [5.41, 5.74) is 0.940. The molecule has 0 saturated heterocycles. The molecule has 0 aromatic heterocycles. The normalized spacial score (nSPS) is 14.7. The van der Waals surface area contributed by atoms with E-state index in [-0.39, 0.29) is 12.5 Å². The van der Waals surface area contributed by atoms with E-state index in [1.165, 1.54) is 0 Å². The average Bonchev–Trinajstić information content (AvgIpc) is 3.25. The van der Waals surface area contributed by atoms with Crippen LogP contribution in [0.2, 0.25) is 0 Å². The summed E-state index contributed by atoms with van der Waals surface area (Å²) in [4.78, 5) is 16.3. The van der Waals surface area contributed by atoms with Crippen molar-refractivity contribution in [1.82, 2.24) is 4.90 Å². The highest BCUT2D eigenvalue weighted by Crippen LogP contribution is 2.26. The van der Waals surface area contributed by atoms with Crippen molar-refractivity contribution in [2.45, 2.75) is 25.8 Å². The zero-order chi connectivity index (χ0) is 13.7. The van der Waals surface area contributed by atoms with Crippen LogP contribution in [0.3, 0.4) is 0 Å². The number of hydrogen-bond donors (Lipinski definition) is 1. The van der Waals surface area contributed by atoms with Crippen molar-refractivity contribution in [3.05, 3.63) is 30.3 Å². The molecular formula is C15H22N2O2. The first kappa shape index (κ1) is 14.0. The van der Waals surface area contributed by atoms with Crippen molar-refractivity contribution < 1.29 is 9.90 Å².